The lowest BCUT2D eigenvalue weighted by molar-refractivity contribution is 0.00578. The van der Waals surface area contributed by atoms with Crippen LogP contribution in [0, 0.1) is 13.8 Å². The molecule has 1 aliphatic heterocycles. The summed E-state index contributed by atoms with van der Waals surface area (Å²) in [6.07, 6.45) is 3.85. The average Bonchev–Trinajstić information content (AvgIpc) is 2.97. The van der Waals surface area contributed by atoms with E-state index < -0.39 is 0 Å². The first-order chi connectivity index (χ1) is 10.7. The van der Waals surface area contributed by atoms with Crippen molar-refractivity contribution in [2.75, 3.05) is 0 Å². The minimum Gasteiger partial charge on any atom is -0.399 e. The van der Waals surface area contributed by atoms with Crippen LogP contribution in [0.1, 0.15) is 44.4 Å². The van der Waals surface area contributed by atoms with Gasteiger partial charge in [-0.1, -0.05) is 18.2 Å². The topological polar surface area (TPSA) is 36.3 Å². The largest absolute Gasteiger partial charge is 0.498 e. The molecule has 0 N–H and O–H groups in total. The second-order valence-corrected chi connectivity index (χ2v) is 7.48. The van der Waals surface area contributed by atoms with Gasteiger partial charge in [0.2, 0.25) is 0 Å². The van der Waals surface area contributed by atoms with E-state index in [1.807, 2.05) is 17.1 Å². The Morgan fingerprint density at radius 1 is 1.04 bits per heavy atom. The van der Waals surface area contributed by atoms with Gasteiger partial charge in [-0.2, -0.15) is 5.10 Å². The zero-order valence-electron chi connectivity index (χ0n) is 14.9. The van der Waals surface area contributed by atoms with E-state index in [1.165, 1.54) is 16.7 Å². The maximum Gasteiger partial charge on any atom is 0.498 e. The van der Waals surface area contributed by atoms with Gasteiger partial charge in [-0.05, 0) is 58.2 Å². The van der Waals surface area contributed by atoms with Crippen molar-refractivity contribution in [1.29, 1.82) is 0 Å². The molecule has 1 aromatic heterocycles. The van der Waals surface area contributed by atoms with Crippen LogP contribution in [0.4, 0.5) is 0 Å². The first kappa shape index (κ1) is 16.3. The van der Waals surface area contributed by atoms with E-state index in [4.69, 9.17) is 9.31 Å². The molecule has 0 saturated carbocycles. The molecule has 5 heteroatoms. The summed E-state index contributed by atoms with van der Waals surface area (Å²) in [6.45, 7) is 13.3. The average molecular weight is 312 g/mol. The monoisotopic (exact) mass is 312 g/mol. The van der Waals surface area contributed by atoms with Gasteiger partial charge in [-0.3, -0.25) is 4.68 Å². The second kappa shape index (κ2) is 5.50. The van der Waals surface area contributed by atoms with Crippen LogP contribution in [0.2, 0.25) is 0 Å². The lowest BCUT2D eigenvalue weighted by Gasteiger charge is -2.32. The number of benzene rings is 1. The van der Waals surface area contributed by atoms with E-state index in [0.29, 0.717) is 0 Å². The zero-order valence-corrected chi connectivity index (χ0v) is 14.9. The lowest BCUT2D eigenvalue weighted by atomic mass is 9.82. The third kappa shape index (κ3) is 3.08. The molecular weight excluding hydrogens is 287 g/mol. The highest BCUT2D eigenvalue weighted by atomic mass is 16.7. The molecule has 122 valence electrons. The molecule has 0 amide bonds. The molecule has 1 fully saturated rings. The van der Waals surface area contributed by atoms with Crippen molar-refractivity contribution in [1.82, 2.24) is 9.78 Å². The summed E-state index contributed by atoms with van der Waals surface area (Å²) in [5.41, 5.74) is 4.18. The maximum atomic E-state index is 6.07. The van der Waals surface area contributed by atoms with E-state index >= 15 is 0 Å². The van der Waals surface area contributed by atoms with Gasteiger partial charge in [0.1, 0.15) is 0 Å². The van der Waals surface area contributed by atoms with Gasteiger partial charge in [0.25, 0.3) is 0 Å². The van der Waals surface area contributed by atoms with Crippen LogP contribution in [0.25, 0.3) is 0 Å². The van der Waals surface area contributed by atoms with Crippen LogP contribution in [0.3, 0.4) is 0 Å². The van der Waals surface area contributed by atoms with Crippen molar-refractivity contribution in [2.24, 2.45) is 0 Å². The number of aryl methyl sites for hydroxylation is 2. The third-order valence-electron chi connectivity index (χ3n) is 5.09. The minimum atomic E-state index is -0.353. The molecular formula is C18H25BN2O2. The molecule has 0 aliphatic carbocycles. The maximum absolute atomic E-state index is 6.07. The minimum absolute atomic E-state index is 0.326. The van der Waals surface area contributed by atoms with Crippen LogP contribution in [0.5, 0.6) is 0 Å². The quantitative estimate of drug-likeness (QED) is 0.818. The summed E-state index contributed by atoms with van der Waals surface area (Å²) >= 11 is 0. The summed E-state index contributed by atoms with van der Waals surface area (Å²) in [5, 5.41) is 4.46. The molecule has 0 unspecified atom stereocenters. The summed E-state index contributed by atoms with van der Waals surface area (Å²) < 4.78 is 14.1. The van der Waals surface area contributed by atoms with Crippen molar-refractivity contribution < 1.29 is 9.31 Å². The fourth-order valence-electron chi connectivity index (χ4n) is 2.66. The van der Waals surface area contributed by atoms with E-state index in [0.717, 1.165) is 12.0 Å². The predicted octanol–water partition coefficient (Wildman–Crippen LogP) is 2.85. The van der Waals surface area contributed by atoms with Crippen LogP contribution >= 0.6 is 0 Å². The van der Waals surface area contributed by atoms with Gasteiger partial charge < -0.3 is 9.31 Å². The van der Waals surface area contributed by atoms with Gasteiger partial charge in [0.15, 0.2) is 0 Å². The SMILES string of the molecule is Cc1ccc(Cn2cc(B3OC(C)(C)C(C)(C)O3)cn2)cc1C. The Morgan fingerprint density at radius 3 is 2.30 bits per heavy atom. The van der Waals surface area contributed by atoms with Crippen LogP contribution in [-0.4, -0.2) is 28.1 Å². The zero-order chi connectivity index (χ0) is 16.8. The molecule has 4 nitrogen and oxygen atoms in total. The van der Waals surface area contributed by atoms with Gasteiger partial charge >= 0.3 is 7.12 Å². The van der Waals surface area contributed by atoms with Crippen molar-refractivity contribution >= 4 is 12.6 Å². The highest BCUT2D eigenvalue weighted by molar-refractivity contribution is 6.61. The summed E-state index contributed by atoms with van der Waals surface area (Å²) in [6, 6.07) is 6.52. The van der Waals surface area contributed by atoms with Crippen molar-refractivity contribution in [3.8, 4) is 0 Å². The Bertz CT molecular complexity index is 706. The molecule has 0 bridgehead atoms. The standard InChI is InChI=1S/C18H25BN2O2/c1-13-7-8-15(9-14(13)2)11-21-12-16(10-20-21)19-22-17(3,4)18(5,6)23-19/h7-10,12H,11H2,1-6H3. The van der Waals surface area contributed by atoms with E-state index in [-0.39, 0.29) is 18.3 Å². The first-order valence-electron chi connectivity index (χ1n) is 8.12. The van der Waals surface area contributed by atoms with E-state index in [9.17, 15) is 0 Å². The van der Waals surface area contributed by atoms with Crippen LogP contribution in [-0.2, 0) is 15.9 Å². The molecule has 1 aliphatic rings. The molecule has 1 saturated heterocycles. The number of hydrogen-bond donors (Lipinski definition) is 0. The van der Waals surface area contributed by atoms with Crippen LogP contribution in [0.15, 0.2) is 30.6 Å². The molecule has 0 spiro atoms. The Balaban J connectivity index is 1.75. The summed E-state index contributed by atoms with van der Waals surface area (Å²) in [7, 11) is -0.353. The van der Waals surface area contributed by atoms with Gasteiger partial charge in [-0.25, -0.2) is 0 Å². The Morgan fingerprint density at radius 2 is 1.70 bits per heavy atom. The van der Waals surface area contributed by atoms with Crippen molar-refractivity contribution in [3.05, 3.63) is 47.3 Å². The fourth-order valence-corrected chi connectivity index (χ4v) is 2.66. The van der Waals surface area contributed by atoms with E-state index in [1.54, 1.807) is 0 Å². The fraction of sp³-hybridized carbons (Fsp3) is 0.500. The normalized spacial score (nSPS) is 19.3. The van der Waals surface area contributed by atoms with Crippen molar-refractivity contribution in [3.63, 3.8) is 0 Å². The van der Waals surface area contributed by atoms with Crippen LogP contribution < -0.4 is 5.46 Å². The molecule has 1 aromatic carbocycles. The smallest absolute Gasteiger partial charge is 0.399 e. The highest BCUT2D eigenvalue weighted by Crippen LogP contribution is 2.36. The molecule has 23 heavy (non-hydrogen) atoms. The number of aromatic nitrogens is 2. The van der Waals surface area contributed by atoms with E-state index in [2.05, 4.69) is 64.8 Å². The molecule has 2 aromatic rings. The number of rotatable bonds is 3. The second-order valence-electron chi connectivity index (χ2n) is 7.48. The summed E-state index contributed by atoms with van der Waals surface area (Å²) in [5.74, 6) is 0. The molecule has 0 atom stereocenters. The van der Waals surface area contributed by atoms with Gasteiger partial charge in [0.05, 0.1) is 17.7 Å². The molecule has 3 rings (SSSR count). The molecule has 0 radical (unpaired) electrons. The third-order valence-corrected chi connectivity index (χ3v) is 5.09. The Labute approximate surface area is 138 Å². The first-order valence-corrected chi connectivity index (χ1v) is 8.12. The highest BCUT2D eigenvalue weighted by Gasteiger charge is 2.52. The Hall–Kier alpha value is -1.59. The summed E-state index contributed by atoms with van der Waals surface area (Å²) in [4.78, 5) is 0. The number of hydrogen-bond acceptors (Lipinski definition) is 3. The van der Waals surface area contributed by atoms with Crippen molar-refractivity contribution in [2.45, 2.75) is 59.3 Å². The molecule has 2 heterocycles. The predicted molar refractivity (Wildman–Crippen MR) is 93.0 cm³/mol. The van der Waals surface area contributed by atoms with Gasteiger partial charge in [0, 0.05) is 17.9 Å². The number of nitrogens with zero attached hydrogens (tertiary/aromatic N) is 2. The Kier molecular flexibility index (Phi) is 3.89. The van der Waals surface area contributed by atoms with Gasteiger partial charge in [-0.15, -0.1) is 0 Å². The lowest BCUT2D eigenvalue weighted by Crippen LogP contribution is -2.41.